The van der Waals surface area contributed by atoms with E-state index < -0.39 is 63.4 Å². The SMILES string of the molecule is C#CC1(NC(=O)[C@H](CS(=O)(=O)CC(C)C)N[C@@H](c2ccc([C@@H](O)C(F)F)cc2)C(F)(F)F)CC1. The van der Waals surface area contributed by atoms with Crippen LogP contribution in [-0.2, 0) is 14.6 Å². The summed E-state index contributed by atoms with van der Waals surface area (Å²) >= 11 is 0. The quantitative estimate of drug-likeness (QED) is 0.314. The number of amides is 1. The second-order valence-corrected chi connectivity index (χ2v) is 11.0. The second-order valence-electron chi connectivity index (χ2n) is 8.83. The van der Waals surface area contributed by atoms with Gasteiger partial charge in [0.05, 0.1) is 11.5 Å². The maximum Gasteiger partial charge on any atom is 0.407 e. The van der Waals surface area contributed by atoms with Crippen LogP contribution in [0.3, 0.4) is 0 Å². The average molecular weight is 511 g/mol. The van der Waals surface area contributed by atoms with Gasteiger partial charge in [-0.3, -0.25) is 10.1 Å². The number of carbonyl (C=O) groups is 1. The molecule has 34 heavy (non-hydrogen) atoms. The molecule has 0 bridgehead atoms. The van der Waals surface area contributed by atoms with Crippen LogP contribution in [0, 0.1) is 18.3 Å². The molecule has 3 atom stereocenters. The lowest BCUT2D eigenvalue weighted by atomic mass is 10.0. The second kappa shape index (κ2) is 10.6. The van der Waals surface area contributed by atoms with Crippen molar-refractivity contribution in [3.05, 3.63) is 35.4 Å². The van der Waals surface area contributed by atoms with Crippen LogP contribution in [0.2, 0.25) is 0 Å². The molecule has 0 saturated heterocycles. The van der Waals surface area contributed by atoms with E-state index in [1.54, 1.807) is 13.8 Å². The van der Waals surface area contributed by atoms with E-state index in [1.807, 2.05) is 0 Å². The highest BCUT2D eigenvalue weighted by atomic mass is 32.2. The van der Waals surface area contributed by atoms with E-state index in [2.05, 4.69) is 16.6 Å². The summed E-state index contributed by atoms with van der Waals surface area (Å²) < 4.78 is 92.2. The molecule has 0 aliphatic heterocycles. The number of terminal acetylenes is 1. The van der Waals surface area contributed by atoms with Crippen LogP contribution in [-0.4, -0.2) is 55.1 Å². The van der Waals surface area contributed by atoms with Crippen LogP contribution in [0.25, 0.3) is 0 Å². The Morgan fingerprint density at radius 2 is 1.68 bits per heavy atom. The van der Waals surface area contributed by atoms with Gasteiger partial charge in [-0.25, -0.2) is 17.2 Å². The Balaban J connectivity index is 2.36. The van der Waals surface area contributed by atoms with Crippen molar-refractivity contribution in [3.8, 4) is 12.3 Å². The van der Waals surface area contributed by atoms with E-state index in [1.165, 1.54) is 0 Å². The maximum absolute atomic E-state index is 13.9. The third-order valence-corrected chi connectivity index (χ3v) is 7.27. The minimum atomic E-state index is -4.97. The standard InChI is InChI=1S/C22H27F5N2O4S/c1-4-21(9-10-21)29-20(31)16(12-34(32,33)11-13(2)3)28-18(22(25,26)27)15-7-5-14(6-8-15)17(30)19(23)24/h1,5-8,13,16-19,28,30H,9-12H2,2-3H3,(H,29,31)/t16-,17+,18-/m0/s1. The smallest absolute Gasteiger partial charge is 0.382 e. The zero-order valence-electron chi connectivity index (χ0n) is 18.6. The fourth-order valence-electron chi connectivity index (χ4n) is 3.39. The van der Waals surface area contributed by atoms with E-state index in [-0.39, 0.29) is 17.2 Å². The summed E-state index contributed by atoms with van der Waals surface area (Å²) in [5.41, 5.74) is -1.76. The molecule has 0 heterocycles. The van der Waals surface area contributed by atoms with E-state index in [9.17, 15) is 40.3 Å². The van der Waals surface area contributed by atoms with Gasteiger partial charge >= 0.3 is 6.18 Å². The Labute approximate surface area is 195 Å². The van der Waals surface area contributed by atoms with Gasteiger partial charge in [-0.05, 0) is 29.9 Å². The maximum atomic E-state index is 13.9. The Hall–Kier alpha value is -2.23. The van der Waals surface area contributed by atoms with E-state index in [0.717, 1.165) is 24.3 Å². The lowest BCUT2D eigenvalue weighted by molar-refractivity contribution is -0.160. The molecule has 6 nitrogen and oxygen atoms in total. The van der Waals surface area contributed by atoms with Crippen molar-refractivity contribution < 1.29 is 40.3 Å². The van der Waals surface area contributed by atoms with Crippen LogP contribution < -0.4 is 10.6 Å². The third-order valence-electron chi connectivity index (χ3n) is 5.26. The molecule has 190 valence electrons. The molecular formula is C22H27F5N2O4S. The number of aliphatic hydroxyl groups excluding tert-OH is 1. The molecule has 1 aromatic carbocycles. The molecule has 0 spiro atoms. The minimum absolute atomic E-state index is 0.293. The molecule has 1 aromatic rings. The molecule has 1 saturated carbocycles. The summed E-state index contributed by atoms with van der Waals surface area (Å²) in [4.78, 5) is 12.8. The summed E-state index contributed by atoms with van der Waals surface area (Å²) in [6.07, 6.45) is -4.07. The van der Waals surface area contributed by atoms with Crippen molar-refractivity contribution >= 4 is 15.7 Å². The summed E-state index contributed by atoms with van der Waals surface area (Å²) in [6, 6.07) is -0.687. The number of alkyl halides is 5. The van der Waals surface area contributed by atoms with Crippen molar-refractivity contribution in [1.29, 1.82) is 0 Å². The number of aliphatic hydroxyl groups is 1. The molecule has 1 fully saturated rings. The zero-order chi connectivity index (χ0) is 25.9. The van der Waals surface area contributed by atoms with E-state index in [4.69, 9.17) is 6.42 Å². The van der Waals surface area contributed by atoms with Gasteiger partial charge in [0.25, 0.3) is 6.43 Å². The van der Waals surface area contributed by atoms with Gasteiger partial charge in [0.2, 0.25) is 5.91 Å². The molecular weight excluding hydrogens is 483 g/mol. The molecule has 0 radical (unpaired) electrons. The molecule has 3 N–H and O–H groups in total. The molecule has 12 heteroatoms. The number of hydrogen-bond acceptors (Lipinski definition) is 5. The van der Waals surface area contributed by atoms with Crippen LogP contribution in [0.15, 0.2) is 24.3 Å². The van der Waals surface area contributed by atoms with Crippen molar-refractivity contribution in [2.45, 2.75) is 63.0 Å². The van der Waals surface area contributed by atoms with Gasteiger partial charge in [0.1, 0.15) is 23.7 Å². The number of hydrogen-bond donors (Lipinski definition) is 3. The molecule has 1 aliphatic rings. The molecule has 1 amide bonds. The van der Waals surface area contributed by atoms with Crippen molar-refractivity contribution in [1.82, 2.24) is 10.6 Å². The van der Waals surface area contributed by atoms with Gasteiger partial charge in [-0.15, -0.1) is 6.42 Å². The Morgan fingerprint density at radius 3 is 2.09 bits per heavy atom. The Morgan fingerprint density at radius 1 is 1.15 bits per heavy atom. The summed E-state index contributed by atoms with van der Waals surface area (Å²) in [5, 5.41) is 14.0. The summed E-state index contributed by atoms with van der Waals surface area (Å²) in [5.74, 6) is -0.179. The number of nitrogens with one attached hydrogen (secondary N) is 2. The Kier molecular flexibility index (Phi) is 8.72. The van der Waals surface area contributed by atoms with E-state index >= 15 is 0 Å². The largest absolute Gasteiger partial charge is 0.407 e. The summed E-state index contributed by atoms with van der Waals surface area (Å²) in [7, 11) is -3.93. The zero-order valence-corrected chi connectivity index (χ0v) is 19.4. The molecule has 0 unspecified atom stereocenters. The van der Waals surface area contributed by atoms with Crippen LogP contribution in [0.5, 0.6) is 0 Å². The first-order valence-electron chi connectivity index (χ1n) is 10.5. The van der Waals surface area contributed by atoms with Gasteiger partial charge < -0.3 is 10.4 Å². The topological polar surface area (TPSA) is 95.5 Å². The number of rotatable bonds is 11. The lowest BCUT2D eigenvalue weighted by Gasteiger charge is -2.28. The predicted molar refractivity (Wildman–Crippen MR) is 116 cm³/mol. The first-order chi connectivity index (χ1) is 15.6. The highest BCUT2D eigenvalue weighted by Gasteiger charge is 2.47. The number of sulfone groups is 1. The van der Waals surface area contributed by atoms with E-state index in [0.29, 0.717) is 12.8 Å². The number of benzene rings is 1. The number of carbonyl (C=O) groups excluding carboxylic acids is 1. The molecule has 1 aliphatic carbocycles. The van der Waals surface area contributed by atoms with Gasteiger partial charge in [0.15, 0.2) is 9.84 Å². The first-order valence-corrected chi connectivity index (χ1v) is 12.3. The average Bonchev–Trinajstić information content (AvgIpc) is 3.48. The van der Waals surface area contributed by atoms with Gasteiger partial charge in [-0.1, -0.05) is 44.0 Å². The molecule has 2 rings (SSSR count). The highest BCUT2D eigenvalue weighted by Crippen LogP contribution is 2.36. The monoisotopic (exact) mass is 510 g/mol. The Bertz CT molecular complexity index is 1000. The van der Waals surface area contributed by atoms with Crippen molar-refractivity contribution in [2.75, 3.05) is 11.5 Å². The van der Waals surface area contributed by atoms with Crippen molar-refractivity contribution in [2.24, 2.45) is 5.92 Å². The van der Waals surface area contributed by atoms with Gasteiger partial charge in [-0.2, -0.15) is 13.2 Å². The fourth-order valence-corrected chi connectivity index (χ4v) is 5.30. The van der Waals surface area contributed by atoms with Crippen LogP contribution in [0.1, 0.15) is 50.0 Å². The van der Waals surface area contributed by atoms with Crippen LogP contribution in [0.4, 0.5) is 22.0 Å². The van der Waals surface area contributed by atoms with Crippen LogP contribution >= 0.6 is 0 Å². The summed E-state index contributed by atoms with van der Waals surface area (Å²) in [6.45, 7) is 3.23. The third kappa shape index (κ3) is 7.65. The highest BCUT2D eigenvalue weighted by molar-refractivity contribution is 7.91. The van der Waals surface area contributed by atoms with Crippen molar-refractivity contribution in [3.63, 3.8) is 0 Å². The normalized spacial score (nSPS) is 18.3. The number of halogens is 5. The minimum Gasteiger partial charge on any atom is -0.382 e. The van der Waals surface area contributed by atoms with Gasteiger partial charge in [0, 0.05) is 0 Å². The molecule has 0 aromatic heterocycles. The lowest BCUT2D eigenvalue weighted by Crippen LogP contribution is -2.54. The fraction of sp³-hybridized carbons (Fsp3) is 0.591. The predicted octanol–water partition coefficient (Wildman–Crippen LogP) is 2.90. The first kappa shape index (κ1) is 28.0.